The van der Waals surface area contributed by atoms with E-state index in [2.05, 4.69) is 0 Å². The predicted octanol–water partition coefficient (Wildman–Crippen LogP) is 1.85. The summed E-state index contributed by atoms with van der Waals surface area (Å²) in [7, 11) is -4.25. The van der Waals surface area contributed by atoms with Crippen LogP contribution in [0.4, 0.5) is 10.5 Å². The highest BCUT2D eigenvalue weighted by atomic mass is 32.2. The second kappa shape index (κ2) is 6.94. The Morgan fingerprint density at radius 1 is 1.40 bits per heavy atom. The van der Waals surface area contributed by atoms with Gasteiger partial charge in [0.05, 0.1) is 11.5 Å². The Labute approximate surface area is 144 Å². The van der Waals surface area contributed by atoms with Crippen LogP contribution in [0.5, 0.6) is 0 Å². The third-order valence-corrected chi connectivity index (χ3v) is 4.32. The molecule has 25 heavy (non-hydrogen) atoms. The van der Waals surface area contributed by atoms with E-state index in [-0.39, 0.29) is 23.7 Å². The molecule has 1 aliphatic rings. The van der Waals surface area contributed by atoms with Crippen molar-refractivity contribution in [2.75, 3.05) is 13.2 Å². The van der Waals surface area contributed by atoms with Crippen LogP contribution < -0.4 is 0 Å². The second-order valence-electron chi connectivity index (χ2n) is 6.26. The largest absolute Gasteiger partial charge is 0.442 e. The first kappa shape index (κ1) is 19.1. The Morgan fingerprint density at radius 2 is 2.08 bits per heavy atom. The van der Waals surface area contributed by atoms with Gasteiger partial charge < -0.3 is 4.74 Å². The molecule has 0 bridgehead atoms. The lowest BCUT2D eigenvalue weighted by atomic mass is 10.2. The van der Waals surface area contributed by atoms with E-state index in [0.29, 0.717) is 0 Å². The molecule has 2 rings (SSSR count). The Morgan fingerprint density at radius 3 is 2.68 bits per heavy atom. The van der Waals surface area contributed by atoms with Gasteiger partial charge in [0, 0.05) is 12.1 Å². The molecule has 0 aliphatic carbocycles. The smallest absolute Gasteiger partial charge is 0.434 e. The summed E-state index contributed by atoms with van der Waals surface area (Å²) in [6, 6.07) is 4.50. The van der Waals surface area contributed by atoms with Crippen molar-refractivity contribution in [3.8, 4) is 0 Å². The number of hydrogen-bond donors (Lipinski definition) is 0. The normalized spacial score (nSPS) is 18.2. The minimum Gasteiger partial charge on any atom is -0.442 e. The number of ether oxygens (including phenoxy) is 1. The zero-order valence-corrected chi connectivity index (χ0v) is 14.7. The van der Waals surface area contributed by atoms with Crippen LogP contribution >= 0.6 is 0 Å². The molecule has 10 nitrogen and oxygen atoms in total. The molecule has 0 unspecified atom stereocenters. The molecule has 1 aromatic rings. The van der Waals surface area contributed by atoms with Crippen molar-refractivity contribution in [3.05, 3.63) is 34.4 Å². The standard InChI is InChI=1S/C14H18N2O8S/c1-14(2,3)23-13(17)15-8-11(9-22-15)24-25(20,21)12-6-4-5-10(7-12)16(18)19/h4-7,11H,8-9H2,1-3H3/t11-/m1/s1. The zero-order chi connectivity index (χ0) is 18.8. The van der Waals surface area contributed by atoms with Crippen molar-refractivity contribution < 1.29 is 31.9 Å². The van der Waals surface area contributed by atoms with Crippen LogP contribution in [0.3, 0.4) is 0 Å². The van der Waals surface area contributed by atoms with E-state index in [0.717, 1.165) is 11.1 Å². The summed E-state index contributed by atoms with van der Waals surface area (Å²) in [5, 5.41) is 11.6. The minimum absolute atomic E-state index is 0.150. The van der Waals surface area contributed by atoms with Crippen molar-refractivity contribution in [2.24, 2.45) is 0 Å². The summed E-state index contributed by atoms with van der Waals surface area (Å²) in [6.45, 7) is 4.72. The highest BCUT2D eigenvalue weighted by molar-refractivity contribution is 7.86. The number of carbonyl (C=O) groups is 1. The van der Waals surface area contributed by atoms with E-state index in [4.69, 9.17) is 13.8 Å². The first-order valence-corrected chi connectivity index (χ1v) is 8.70. The maximum absolute atomic E-state index is 12.2. The van der Waals surface area contributed by atoms with E-state index in [9.17, 15) is 23.3 Å². The van der Waals surface area contributed by atoms with Crippen LogP contribution in [0, 0.1) is 10.1 Å². The van der Waals surface area contributed by atoms with Gasteiger partial charge in [0.2, 0.25) is 0 Å². The van der Waals surface area contributed by atoms with E-state index < -0.39 is 32.8 Å². The maximum atomic E-state index is 12.2. The fourth-order valence-corrected chi connectivity index (χ4v) is 3.05. The number of non-ortho nitro benzene ring substituents is 1. The van der Waals surface area contributed by atoms with Crippen LogP contribution in [0.1, 0.15) is 20.8 Å². The molecule has 1 amide bonds. The molecule has 0 radical (unpaired) electrons. The van der Waals surface area contributed by atoms with Crippen molar-refractivity contribution in [2.45, 2.75) is 37.4 Å². The van der Waals surface area contributed by atoms with Crippen LogP contribution in [-0.4, -0.2) is 49.4 Å². The van der Waals surface area contributed by atoms with Crippen LogP contribution in [-0.2, 0) is 23.9 Å². The van der Waals surface area contributed by atoms with Gasteiger partial charge >= 0.3 is 6.09 Å². The lowest BCUT2D eigenvalue weighted by molar-refractivity contribution is -0.385. The van der Waals surface area contributed by atoms with Crippen LogP contribution in [0.15, 0.2) is 29.2 Å². The molecule has 0 spiro atoms. The number of nitro benzene ring substituents is 1. The van der Waals surface area contributed by atoms with Crippen molar-refractivity contribution >= 4 is 21.9 Å². The average molecular weight is 374 g/mol. The Hall–Kier alpha value is -2.24. The number of hydroxylamine groups is 2. The van der Waals surface area contributed by atoms with Crippen molar-refractivity contribution in [1.29, 1.82) is 0 Å². The molecule has 138 valence electrons. The van der Waals surface area contributed by atoms with Gasteiger partial charge in [0.15, 0.2) is 0 Å². The third kappa shape index (κ3) is 5.11. The average Bonchev–Trinajstić information content (AvgIpc) is 2.93. The number of nitro groups is 1. The molecule has 1 fully saturated rings. The summed E-state index contributed by atoms with van der Waals surface area (Å²) in [5.74, 6) is 0. The maximum Gasteiger partial charge on any atom is 0.434 e. The zero-order valence-electron chi connectivity index (χ0n) is 13.9. The van der Waals surface area contributed by atoms with E-state index in [1.165, 1.54) is 18.2 Å². The summed E-state index contributed by atoms with van der Waals surface area (Å²) in [5.41, 5.74) is -1.10. The first-order chi connectivity index (χ1) is 11.5. The van der Waals surface area contributed by atoms with Crippen molar-refractivity contribution in [1.82, 2.24) is 5.06 Å². The van der Waals surface area contributed by atoms with Gasteiger partial charge in [-0.15, -0.1) is 0 Å². The first-order valence-electron chi connectivity index (χ1n) is 7.29. The fourth-order valence-electron chi connectivity index (χ4n) is 1.95. The van der Waals surface area contributed by atoms with E-state index in [1.54, 1.807) is 20.8 Å². The molecule has 1 saturated heterocycles. The molecule has 0 N–H and O–H groups in total. The van der Waals surface area contributed by atoms with Crippen LogP contribution in [0.25, 0.3) is 0 Å². The highest BCUT2D eigenvalue weighted by Gasteiger charge is 2.35. The predicted molar refractivity (Wildman–Crippen MR) is 84.0 cm³/mol. The summed E-state index contributed by atoms with van der Waals surface area (Å²) in [6.07, 6.45) is -1.71. The van der Waals surface area contributed by atoms with Gasteiger partial charge in [-0.25, -0.2) is 4.79 Å². The van der Waals surface area contributed by atoms with Gasteiger partial charge in [-0.3, -0.25) is 19.1 Å². The molecule has 1 heterocycles. The van der Waals surface area contributed by atoms with Gasteiger partial charge in [0.25, 0.3) is 15.8 Å². The van der Waals surface area contributed by atoms with Gasteiger partial charge in [0.1, 0.15) is 23.2 Å². The lowest BCUT2D eigenvalue weighted by Crippen LogP contribution is -2.35. The minimum atomic E-state index is -4.25. The molecular weight excluding hydrogens is 356 g/mol. The Balaban J connectivity index is 2.04. The van der Waals surface area contributed by atoms with Gasteiger partial charge in [-0.1, -0.05) is 6.07 Å². The summed E-state index contributed by atoms with van der Waals surface area (Å²) < 4.78 is 34.6. The van der Waals surface area contributed by atoms with Crippen LogP contribution in [0.2, 0.25) is 0 Å². The van der Waals surface area contributed by atoms with E-state index in [1.807, 2.05) is 0 Å². The SMILES string of the molecule is CC(C)(C)OC(=O)N1C[C@@H](OS(=O)(=O)c2cccc([N+](=O)[O-])c2)CO1. The van der Waals surface area contributed by atoms with E-state index >= 15 is 0 Å². The number of hydrogen-bond acceptors (Lipinski definition) is 8. The Bertz CT molecular complexity index is 771. The molecule has 11 heteroatoms. The summed E-state index contributed by atoms with van der Waals surface area (Å²) >= 11 is 0. The summed E-state index contributed by atoms with van der Waals surface area (Å²) in [4.78, 5) is 26.6. The fraction of sp³-hybridized carbons (Fsp3) is 0.500. The van der Waals surface area contributed by atoms with Gasteiger partial charge in [-0.2, -0.15) is 13.5 Å². The molecule has 1 aliphatic heterocycles. The monoisotopic (exact) mass is 374 g/mol. The number of rotatable bonds is 4. The molecule has 0 aromatic heterocycles. The second-order valence-corrected chi connectivity index (χ2v) is 7.84. The molecule has 1 aromatic carbocycles. The third-order valence-electron chi connectivity index (χ3n) is 2.96. The molecule has 0 saturated carbocycles. The lowest BCUT2D eigenvalue weighted by Gasteiger charge is -2.23. The quantitative estimate of drug-likeness (QED) is 0.444. The van der Waals surface area contributed by atoms with Gasteiger partial charge in [-0.05, 0) is 26.8 Å². The number of nitrogens with zero attached hydrogens (tertiary/aromatic N) is 2. The number of amides is 1. The topological polar surface area (TPSA) is 125 Å². The Kier molecular flexibility index (Phi) is 5.30. The highest BCUT2D eigenvalue weighted by Crippen LogP contribution is 2.22. The molecule has 1 atom stereocenters. The number of benzene rings is 1. The molecular formula is C14H18N2O8S. The van der Waals surface area contributed by atoms with Crippen molar-refractivity contribution in [3.63, 3.8) is 0 Å². The number of carbonyl (C=O) groups excluding carboxylic acids is 1.